The van der Waals surface area contributed by atoms with Crippen LogP contribution in [0.15, 0.2) is 79.3 Å². The maximum atomic E-state index is 14.6. The lowest BCUT2D eigenvalue weighted by Crippen LogP contribution is -2.44. The first-order valence-corrected chi connectivity index (χ1v) is 11.2. The maximum absolute atomic E-state index is 14.6. The number of hydrogen-bond acceptors (Lipinski definition) is 3. The van der Waals surface area contributed by atoms with Gasteiger partial charge >= 0.3 is 0 Å². The average Bonchev–Trinajstić information content (AvgIpc) is 3.54. The fourth-order valence-corrected chi connectivity index (χ4v) is 4.50. The van der Waals surface area contributed by atoms with E-state index < -0.39 is 5.82 Å². The van der Waals surface area contributed by atoms with Crippen LogP contribution < -0.4 is 5.32 Å². The quantitative estimate of drug-likeness (QED) is 0.462. The number of nitrogens with zero attached hydrogens (tertiary/aromatic N) is 3. The van der Waals surface area contributed by atoms with Crippen LogP contribution in [0.25, 0.3) is 11.5 Å². The summed E-state index contributed by atoms with van der Waals surface area (Å²) in [6, 6.07) is 16.4. The number of nitrogens with one attached hydrogen (secondary N) is 1. The molecule has 0 spiro atoms. The van der Waals surface area contributed by atoms with Gasteiger partial charge in [0.1, 0.15) is 22.9 Å². The molecule has 1 saturated heterocycles. The van der Waals surface area contributed by atoms with Gasteiger partial charge in [0.05, 0.1) is 6.20 Å². The molecule has 174 valence electrons. The Kier molecular flexibility index (Phi) is 5.98. The van der Waals surface area contributed by atoms with E-state index in [1.165, 1.54) is 29.1 Å². The molecule has 1 N–H and O–H groups in total. The first-order chi connectivity index (χ1) is 16.6. The molecule has 1 aliphatic rings. The third-order valence-electron chi connectivity index (χ3n) is 6.41. The Bertz CT molecular complexity index is 1280. The Hall–Kier alpha value is -3.78. The van der Waals surface area contributed by atoms with Crippen LogP contribution in [0.5, 0.6) is 0 Å². The molecule has 8 heteroatoms. The number of benzene rings is 2. The van der Waals surface area contributed by atoms with Crippen LogP contribution in [-0.2, 0) is 10.2 Å². The molecular weight excluding hydrogens is 438 g/mol. The largest absolute Gasteiger partial charge is 0.381 e. The minimum absolute atomic E-state index is 0.248. The molecule has 34 heavy (non-hydrogen) atoms. The lowest BCUT2D eigenvalue weighted by Gasteiger charge is -2.38. The number of ether oxygens (including phenoxy) is 1. The molecule has 1 aliphatic heterocycles. The molecule has 6 nitrogen and oxygen atoms in total. The Morgan fingerprint density at radius 3 is 2.41 bits per heavy atom. The number of amides is 1. The van der Waals surface area contributed by atoms with Gasteiger partial charge in [0.2, 0.25) is 0 Å². The molecule has 4 aromatic rings. The first-order valence-electron chi connectivity index (χ1n) is 11.2. The predicted octanol–water partition coefficient (Wildman–Crippen LogP) is 4.42. The molecule has 1 fully saturated rings. The van der Waals surface area contributed by atoms with Crippen LogP contribution in [0, 0.1) is 11.6 Å². The van der Waals surface area contributed by atoms with Gasteiger partial charge in [-0.1, -0.05) is 24.3 Å². The van der Waals surface area contributed by atoms with Crippen molar-refractivity contribution in [3.05, 3.63) is 102 Å². The summed E-state index contributed by atoms with van der Waals surface area (Å²) in [6.45, 7) is 1.48. The SMILES string of the molecule is O=C(NCC1(c2ccc(F)cc2)CCOCC1)c1cnn(-c2ccccc2F)c1-n1cccc1. The molecule has 0 saturated carbocycles. The highest BCUT2D eigenvalue weighted by atomic mass is 19.1. The summed E-state index contributed by atoms with van der Waals surface area (Å²) in [4.78, 5) is 13.4. The van der Waals surface area contributed by atoms with Crippen molar-refractivity contribution in [1.29, 1.82) is 0 Å². The molecule has 0 bridgehead atoms. The zero-order valence-corrected chi connectivity index (χ0v) is 18.5. The minimum atomic E-state index is -0.441. The van der Waals surface area contributed by atoms with Crippen LogP contribution in [0.4, 0.5) is 8.78 Å². The zero-order valence-electron chi connectivity index (χ0n) is 18.5. The van der Waals surface area contributed by atoms with E-state index in [1.54, 1.807) is 47.3 Å². The Balaban J connectivity index is 1.47. The fourth-order valence-electron chi connectivity index (χ4n) is 4.50. The van der Waals surface area contributed by atoms with Crippen molar-refractivity contribution in [2.24, 2.45) is 0 Å². The number of aromatic nitrogens is 3. The van der Waals surface area contributed by atoms with Crippen LogP contribution in [0.3, 0.4) is 0 Å². The normalized spacial score (nSPS) is 15.2. The minimum Gasteiger partial charge on any atom is -0.381 e. The smallest absolute Gasteiger partial charge is 0.256 e. The van der Waals surface area contributed by atoms with E-state index >= 15 is 0 Å². The third-order valence-corrected chi connectivity index (χ3v) is 6.41. The van der Waals surface area contributed by atoms with Crippen molar-refractivity contribution in [3.8, 4) is 11.5 Å². The van der Waals surface area contributed by atoms with Gasteiger partial charge in [-0.05, 0) is 54.8 Å². The monoisotopic (exact) mass is 462 g/mol. The molecule has 3 heterocycles. The van der Waals surface area contributed by atoms with Crippen molar-refractivity contribution < 1.29 is 18.3 Å². The lowest BCUT2D eigenvalue weighted by atomic mass is 9.74. The molecule has 0 radical (unpaired) electrons. The average molecular weight is 463 g/mol. The molecule has 0 aliphatic carbocycles. The summed E-state index contributed by atoms with van der Waals surface area (Å²) < 4.78 is 36.8. The van der Waals surface area contributed by atoms with Crippen molar-refractivity contribution in [2.75, 3.05) is 19.8 Å². The molecule has 1 amide bonds. The van der Waals surface area contributed by atoms with Crippen molar-refractivity contribution >= 4 is 5.91 Å². The van der Waals surface area contributed by atoms with Crippen LogP contribution in [-0.4, -0.2) is 40.0 Å². The van der Waals surface area contributed by atoms with Crippen molar-refractivity contribution in [2.45, 2.75) is 18.3 Å². The highest BCUT2D eigenvalue weighted by Crippen LogP contribution is 2.34. The van der Waals surface area contributed by atoms with Gasteiger partial charge in [0.15, 0.2) is 5.82 Å². The first kappa shape index (κ1) is 22.0. The summed E-state index contributed by atoms with van der Waals surface area (Å²) in [5, 5.41) is 7.39. The molecule has 5 rings (SSSR count). The van der Waals surface area contributed by atoms with E-state index in [4.69, 9.17) is 4.74 Å². The molecule has 0 unspecified atom stereocenters. The Morgan fingerprint density at radius 2 is 1.71 bits per heavy atom. The van der Waals surface area contributed by atoms with Crippen LogP contribution >= 0.6 is 0 Å². The molecule has 0 atom stereocenters. The second-order valence-electron chi connectivity index (χ2n) is 8.42. The highest BCUT2D eigenvalue weighted by molar-refractivity contribution is 5.97. The number of hydrogen-bond donors (Lipinski definition) is 1. The van der Waals surface area contributed by atoms with E-state index in [0.717, 1.165) is 5.56 Å². The molecule has 2 aromatic heterocycles. The summed E-state index contributed by atoms with van der Waals surface area (Å²) in [6.07, 6.45) is 6.43. The number of rotatable bonds is 6. The van der Waals surface area contributed by atoms with Crippen molar-refractivity contribution in [1.82, 2.24) is 19.7 Å². The lowest BCUT2D eigenvalue weighted by molar-refractivity contribution is 0.0487. The van der Waals surface area contributed by atoms with E-state index in [2.05, 4.69) is 10.4 Å². The summed E-state index contributed by atoms with van der Waals surface area (Å²) in [5.74, 6) is -0.620. The Labute approximate surface area is 195 Å². The van der Waals surface area contributed by atoms with E-state index in [1.807, 2.05) is 12.1 Å². The number of carbonyl (C=O) groups excluding carboxylic acids is 1. The highest BCUT2D eigenvalue weighted by Gasteiger charge is 2.35. The van der Waals surface area contributed by atoms with Gasteiger partial charge in [-0.2, -0.15) is 5.10 Å². The second kappa shape index (κ2) is 9.23. The fraction of sp³-hybridized carbons (Fsp3) is 0.231. The number of para-hydroxylation sites is 1. The number of carbonyl (C=O) groups is 1. The van der Waals surface area contributed by atoms with Gasteiger partial charge < -0.3 is 14.6 Å². The maximum Gasteiger partial charge on any atom is 0.256 e. The third kappa shape index (κ3) is 4.12. The summed E-state index contributed by atoms with van der Waals surface area (Å²) in [7, 11) is 0. The van der Waals surface area contributed by atoms with Gasteiger partial charge in [0.25, 0.3) is 5.91 Å². The standard InChI is InChI=1S/C26H24F2N4O2/c27-20-9-7-19(8-10-20)26(11-15-34-16-12-26)18-29-24(33)21-17-30-32(23-6-2-1-5-22(23)28)25(21)31-13-3-4-14-31/h1-10,13-14,17H,11-12,15-16,18H2,(H,29,33). The van der Waals surface area contributed by atoms with Gasteiger partial charge in [0, 0.05) is 37.6 Å². The van der Waals surface area contributed by atoms with Crippen LogP contribution in [0.2, 0.25) is 0 Å². The van der Waals surface area contributed by atoms with Gasteiger partial charge in [-0.3, -0.25) is 4.79 Å². The van der Waals surface area contributed by atoms with Gasteiger partial charge in [-0.15, -0.1) is 0 Å². The van der Waals surface area contributed by atoms with E-state index in [-0.39, 0.29) is 22.8 Å². The summed E-state index contributed by atoms with van der Waals surface area (Å²) in [5.41, 5.74) is 1.17. The topological polar surface area (TPSA) is 61.1 Å². The Morgan fingerprint density at radius 1 is 1.00 bits per heavy atom. The zero-order chi connectivity index (χ0) is 23.5. The number of halogens is 2. The van der Waals surface area contributed by atoms with E-state index in [0.29, 0.717) is 44.0 Å². The molecule has 2 aromatic carbocycles. The van der Waals surface area contributed by atoms with Gasteiger partial charge in [-0.25, -0.2) is 13.5 Å². The van der Waals surface area contributed by atoms with Crippen LogP contribution in [0.1, 0.15) is 28.8 Å². The summed E-state index contributed by atoms with van der Waals surface area (Å²) >= 11 is 0. The van der Waals surface area contributed by atoms with E-state index in [9.17, 15) is 13.6 Å². The predicted molar refractivity (Wildman–Crippen MR) is 123 cm³/mol. The van der Waals surface area contributed by atoms with Crippen molar-refractivity contribution in [3.63, 3.8) is 0 Å². The second-order valence-corrected chi connectivity index (χ2v) is 8.42. The molecular formula is C26H24F2N4O2.